The van der Waals surface area contributed by atoms with E-state index in [1.54, 1.807) is 0 Å². The summed E-state index contributed by atoms with van der Waals surface area (Å²) in [7, 11) is 0. The van der Waals surface area contributed by atoms with E-state index < -0.39 is 0 Å². The number of hydrogen-bond donors (Lipinski definition) is 1. The molecule has 3 unspecified atom stereocenters. The van der Waals surface area contributed by atoms with Crippen molar-refractivity contribution in [1.29, 1.82) is 0 Å². The molecule has 0 aliphatic heterocycles. The highest BCUT2D eigenvalue weighted by Gasteiger charge is 2.26. The Hall–Kier alpha value is -0.830. The molecule has 1 fully saturated rings. The molecule has 1 aliphatic carbocycles. The van der Waals surface area contributed by atoms with Crippen LogP contribution in [0.2, 0.25) is 0 Å². The lowest BCUT2D eigenvalue weighted by molar-refractivity contribution is 0.247. The van der Waals surface area contributed by atoms with Crippen LogP contribution in [-0.4, -0.2) is 15.6 Å². The van der Waals surface area contributed by atoms with E-state index in [-0.39, 0.29) is 0 Å². The molecule has 72 valence electrons. The molecule has 0 amide bonds. The summed E-state index contributed by atoms with van der Waals surface area (Å²) in [5.74, 6) is 0.798. The highest BCUT2D eigenvalue weighted by molar-refractivity contribution is 4.89. The average Bonchev–Trinajstić information content (AvgIpc) is 2.61. The molecule has 0 radical (unpaired) electrons. The van der Waals surface area contributed by atoms with Crippen molar-refractivity contribution in [2.75, 3.05) is 0 Å². The van der Waals surface area contributed by atoms with Gasteiger partial charge in [-0.05, 0) is 25.2 Å². The number of imidazole rings is 1. The minimum atomic E-state index is 0.311. The molecule has 1 saturated carbocycles. The van der Waals surface area contributed by atoms with Crippen LogP contribution in [0, 0.1) is 5.92 Å². The van der Waals surface area contributed by atoms with E-state index in [2.05, 4.69) is 16.5 Å². The first kappa shape index (κ1) is 8.75. The third-order valence-corrected chi connectivity index (χ3v) is 3.04. The number of rotatable bonds is 1. The van der Waals surface area contributed by atoms with Gasteiger partial charge in [0.25, 0.3) is 0 Å². The normalized spacial score (nSPS) is 34.8. The second-order valence-corrected chi connectivity index (χ2v) is 4.16. The van der Waals surface area contributed by atoms with Gasteiger partial charge in [-0.25, -0.2) is 4.98 Å². The van der Waals surface area contributed by atoms with Gasteiger partial charge in [-0.1, -0.05) is 6.92 Å². The predicted octanol–water partition coefficient (Wildman–Crippen LogP) is 1.57. The van der Waals surface area contributed by atoms with Gasteiger partial charge in [-0.3, -0.25) is 0 Å². The van der Waals surface area contributed by atoms with E-state index in [4.69, 9.17) is 5.73 Å². The Balaban J connectivity index is 2.12. The number of aromatic nitrogens is 2. The smallest absolute Gasteiger partial charge is 0.0949 e. The minimum Gasteiger partial charge on any atom is -0.333 e. The summed E-state index contributed by atoms with van der Waals surface area (Å²) in [4.78, 5) is 4.06. The lowest BCUT2D eigenvalue weighted by atomic mass is 9.84. The summed E-state index contributed by atoms with van der Waals surface area (Å²) in [6.07, 6.45) is 9.32. The second kappa shape index (κ2) is 3.50. The number of nitrogens with zero attached hydrogens (tertiary/aromatic N) is 2. The van der Waals surface area contributed by atoms with Crippen molar-refractivity contribution in [2.45, 2.75) is 38.3 Å². The van der Waals surface area contributed by atoms with Gasteiger partial charge in [0.1, 0.15) is 0 Å². The molecule has 1 heterocycles. The van der Waals surface area contributed by atoms with Gasteiger partial charge in [0.15, 0.2) is 0 Å². The molecule has 0 bridgehead atoms. The predicted molar refractivity (Wildman–Crippen MR) is 52.3 cm³/mol. The van der Waals surface area contributed by atoms with Crippen LogP contribution in [0.5, 0.6) is 0 Å². The van der Waals surface area contributed by atoms with Crippen LogP contribution in [-0.2, 0) is 0 Å². The molecule has 3 heteroatoms. The van der Waals surface area contributed by atoms with Gasteiger partial charge in [-0.2, -0.15) is 0 Å². The molecule has 13 heavy (non-hydrogen) atoms. The average molecular weight is 179 g/mol. The first-order chi connectivity index (χ1) is 6.27. The zero-order valence-corrected chi connectivity index (χ0v) is 8.06. The van der Waals surface area contributed by atoms with E-state index >= 15 is 0 Å². The van der Waals surface area contributed by atoms with Crippen LogP contribution >= 0.6 is 0 Å². The molecule has 0 saturated heterocycles. The van der Waals surface area contributed by atoms with Crippen LogP contribution in [0.3, 0.4) is 0 Å². The Bertz CT molecular complexity index is 255. The SMILES string of the molecule is CC1CCC(N)C(n2ccnc2)C1. The Labute approximate surface area is 79.0 Å². The van der Waals surface area contributed by atoms with E-state index in [1.165, 1.54) is 12.8 Å². The lowest BCUT2D eigenvalue weighted by Gasteiger charge is -2.33. The van der Waals surface area contributed by atoms with Crippen LogP contribution in [0.15, 0.2) is 18.7 Å². The van der Waals surface area contributed by atoms with E-state index in [0.29, 0.717) is 12.1 Å². The summed E-state index contributed by atoms with van der Waals surface area (Å²) in [6.45, 7) is 2.30. The quantitative estimate of drug-likeness (QED) is 0.711. The van der Waals surface area contributed by atoms with Crippen molar-refractivity contribution in [3.63, 3.8) is 0 Å². The standard InChI is InChI=1S/C10H17N3/c1-8-2-3-9(11)10(6-8)13-5-4-12-7-13/h4-5,7-10H,2-3,6,11H2,1H3. The molecule has 3 nitrogen and oxygen atoms in total. The zero-order valence-electron chi connectivity index (χ0n) is 8.06. The summed E-state index contributed by atoms with van der Waals surface area (Å²) in [5, 5.41) is 0. The van der Waals surface area contributed by atoms with Gasteiger partial charge in [-0.15, -0.1) is 0 Å². The van der Waals surface area contributed by atoms with Crippen LogP contribution < -0.4 is 5.73 Å². The highest BCUT2D eigenvalue weighted by Crippen LogP contribution is 2.31. The Morgan fingerprint density at radius 1 is 1.46 bits per heavy atom. The minimum absolute atomic E-state index is 0.311. The maximum absolute atomic E-state index is 6.08. The van der Waals surface area contributed by atoms with Crippen molar-refractivity contribution >= 4 is 0 Å². The molecular formula is C10H17N3. The molecule has 0 spiro atoms. The molecular weight excluding hydrogens is 162 g/mol. The molecule has 2 rings (SSSR count). The molecule has 1 aromatic rings. The largest absolute Gasteiger partial charge is 0.333 e. The number of hydrogen-bond acceptors (Lipinski definition) is 2. The van der Waals surface area contributed by atoms with E-state index in [9.17, 15) is 0 Å². The van der Waals surface area contributed by atoms with Gasteiger partial charge >= 0.3 is 0 Å². The third kappa shape index (κ3) is 1.75. The molecule has 2 N–H and O–H groups in total. The summed E-state index contributed by atoms with van der Waals surface area (Å²) in [6, 6.07) is 0.775. The summed E-state index contributed by atoms with van der Waals surface area (Å²) >= 11 is 0. The van der Waals surface area contributed by atoms with Crippen LogP contribution in [0.25, 0.3) is 0 Å². The third-order valence-electron chi connectivity index (χ3n) is 3.04. The summed E-state index contributed by atoms with van der Waals surface area (Å²) < 4.78 is 2.15. The van der Waals surface area contributed by atoms with Gasteiger partial charge in [0, 0.05) is 24.5 Å². The zero-order chi connectivity index (χ0) is 9.26. The molecule has 1 aromatic heterocycles. The maximum atomic E-state index is 6.08. The maximum Gasteiger partial charge on any atom is 0.0949 e. The topological polar surface area (TPSA) is 43.8 Å². The van der Waals surface area contributed by atoms with Crippen LogP contribution in [0.4, 0.5) is 0 Å². The van der Waals surface area contributed by atoms with Crippen molar-refractivity contribution < 1.29 is 0 Å². The van der Waals surface area contributed by atoms with Crippen molar-refractivity contribution in [3.8, 4) is 0 Å². The first-order valence-electron chi connectivity index (χ1n) is 5.00. The molecule has 0 aromatic carbocycles. The van der Waals surface area contributed by atoms with E-state index in [1.807, 2.05) is 18.7 Å². The Morgan fingerprint density at radius 3 is 3.00 bits per heavy atom. The fourth-order valence-corrected chi connectivity index (χ4v) is 2.18. The fraction of sp³-hybridized carbons (Fsp3) is 0.700. The van der Waals surface area contributed by atoms with Gasteiger partial charge in [0.05, 0.1) is 6.33 Å². The van der Waals surface area contributed by atoms with Crippen molar-refractivity contribution in [2.24, 2.45) is 11.7 Å². The second-order valence-electron chi connectivity index (χ2n) is 4.16. The molecule has 3 atom stereocenters. The lowest BCUT2D eigenvalue weighted by Crippen LogP contribution is -2.36. The monoisotopic (exact) mass is 179 g/mol. The molecule has 1 aliphatic rings. The Morgan fingerprint density at radius 2 is 2.31 bits per heavy atom. The van der Waals surface area contributed by atoms with Crippen molar-refractivity contribution in [1.82, 2.24) is 9.55 Å². The van der Waals surface area contributed by atoms with Crippen LogP contribution in [0.1, 0.15) is 32.2 Å². The summed E-state index contributed by atoms with van der Waals surface area (Å²) in [5.41, 5.74) is 6.08. The Kier molecular flexibility index (Phi) is 2.36. The first-order valence-corrected chi connectivity index (χ1v) is 5.00. The highest BCUT2D eigenvalue weighted by atomic mass is 15.1. The van der Waals surface area contributed by atoms with Gasteiger partial charge < -0.3 is 10.3 Å². The van der Waals surface area contributed by atoms with Gasteiger partial charge in [0.2, 0.25) is 0 Å². The number of nitrogens with two attached hydrogens (primary N) is 1. The van der Waals surface area contributed by atoms with E-state index in [0.717, 1.165) is 12.3 Å². The fourth-order valence-electron chi connectivity index (χ4n) is 2.18. The van der Waals surface area contributed by atoms with Crippen molar-refractivity contribution in [3.05, 3.63) is 18.7 Å².